The largest absolute Gasteiger partial charge is 0.354 e. The van der Waals surface area contributed by atoms with Crippen molar-refractivity contribution < 1.29 is 14.0 Å². The number of amides is 2. The molecule has 1 aromatic heterocycles. The van der Waals surface area contributed by atoms with Crippen molar-refractivity contribution in [3.05, 3.63) is 41.2 Å². The third-order valence-corrected chi connectivity index (χ3v) is 6.47. The number of benzene rings is 1. The van der Waals surface area contributed by atoms with Gasteiger partial charge in [0, 0.05) is 19.1 Å². The Hall–Kier alpha value is -2.39. The van der Waals surface area contributed by atoms with Gasteiger partial charge >= 0.3 is 0 Å². The van der Waals surface area contributed by atoms with Gasteiger partial charge < -0.3 is 15.5 Å². The van der Waals surface area contributed by atoms with Gasteiger partial charge in [-0.25, -0.2) is 4.39 Å². The molecule has 0 radical (unpaired) electrons. The first-order valence-corrected chi connectivity index (χ1v) is 11.6. The van der Waals surface area contributed by atoms with Crippen molar-refractivity contribution in [2.75, 3.05) is 29.1 Å². The average Bonchev–Trinajstić information content (AvgIpc) is 3.59. The standard InChI is InChI=1S/C21H23ClFN5O2S/c22-16-6-3-14(23)10-17(16)25-19(29)12-31-20-8-7-18(26-27-20)28-9-1-2-13(11-28)21(30)24-15-4-5-15/h3,6-8,10,13,15H,1-2,4-5,9,11-12H2,(H,24,30)(H,25,29). The highest BCUT2D eigenvalue weighted by Crippen LogP contribution is 2.26. The molecule has 2 N–H and O–H groups in total. The lowest BCUT2D eigenvalue weighted by Gasteiger charge is -2.32. The molecular weight excluding hydrogens is 441 g/mol. The first-order chi connectivity index (χ1) is 15.0. The van der Waals surface area contributed by atoms with Crippen LogP contribution in [0.5, 0.6) is 0 Å². The summed E-state index contributed by atoms with van der Waals surface area (Å²) in [5, 5.41) is 15.0. The number of nitrogens with one attached hydrogen (secondary N) is 2. The highest BCUT2D eigenvalue weighted by atomic mass is 35.5. The van der Waals surface area contributed by atoms with Crippen LogP contribution in [0.25, 0.3) is 0 Å². The number of rotatable bonds is 7. The predicted molar refractivity (Wildman–Crippen MR) is 119 cm³/mol. The normalized spacial score (nSPS) is 18.5. The molecular formula is C21H23ClFN5O2S. The molecule has 1 saturated heterocycles. The summed E-state index contributed by atoms with van der Waals surface area (Å²) in [4.78, 5) is 26.6. The fourth-order valence-corrected chi connectivity index (χ4v) is 4.20. The van der Waals surface area contributed by atoms with Gasteiger partial charge in [0.2, 0.25) is 11.8 Å². The number of nitrogens with zero attached hydrogens (tertiary/aromatic N) is 3. The van der Waals surface area contributed by atoms with E-state index in [-0.39, 0.29) is 34.2 Å². The lowest BCUT2D eigenvalue weighted by atomic mass is 9.97. The van der Waals surface area contributed by atoms with Gasteiger partial charge in [-0.15, -0.1) is 10.2 Å². The van der Waals surface area contributed by atoms with E-state index in [1.165, 1.54) is 30.0 Å². The Kier molecular flexibility index (Phi) is 6.92. The Morgan fingerprint density at radius 1 is 1.19 bits per heavy atom. The van der Waals surface area contributed by atoms with E-state index in [4.69, 9.17) is 11.6 Å². The van der Waals surface area contributed by atoms with Gasteiger partial charge in [-0.05, 0) is 56.0 Å². The van der Waals surface area contributed by atoms with Gasteiger partial charge in [0.15, 0.2) is 5.82 Å². The Morgan fingerprint density at radius 3 is 2.77 bits per heavy atom. The molecule has 0 spiro atoms. The van der Waals surface area contributed by atoms with E-state index in [0.717, 1.165) is 38.0 Å². The summed E-state index contributed by atoms with van der Waals surface area (Å²) in [5.41, 5.74) is 0.235. The van der Waals surface area contributed by atoms with E-state index < -0.39 is 5.82 Å². The van der Waals surface area contributed by atoms with E-state index in [2.05, 4.69) is 25.7 Å². The topological polar surface area (TPSA) is 87.2 Å². The summed E-state index contributed by atoms with van der Waals surface area (Å²) in [5.74, 6) is 0.140. The number of piperidine rings is 1. The second kappa shape index (κ2) is 9.82. The molecule has 2 fully saturated rings. The quantitative estimate of drug-likeness (QED) is 0.611. The van der Waals surface area contributed by atoms with Crippen LogP contribution in [0.1, 0.15) is 25.7 Å². The molecule has 10 heteroatoms. The molecule has 2 aromatic rings. The highest BCUT2D eigenvalue weighted by molar-refractivity contribution is 7.99. The number of carbonyl (C=O) groups is 2. The number of hydrogen-bond acceptors (Lipinski definition) is 6. The summed E-state index contributed by atoms with van der Waals surface area (Å²) >= 11 is 7.19. The van der Waals surface area contributed by atoms with E-state index >= 15 is 0 Å². The second-order valence-corrected chi connectivity index (χ2v) is 9.16. The second-order valence-electron chi connectivity index (χ2n) is 7.76. The van der Waals surface area contributed by atoms with Crippen LogP contribution < -0.4 is 15.5 Å². The molecule has 1 aromatic carbocycles. The van der Waals surface area contributed by atoms with Crippen molar-refractivity contribution >= 4 is 46.7 Å². The van der Waals surface area contributed by atoms with Crippen LogP contribution in [0.2, 0.25) is 5.02 Å². The highest BCUT2D eigenvalue weighted by Gasteiger charge is 2.30. The number of carbonyl (C=O) groups excluding carboxylic acids is 2. The number of halogens is 2. The van der Waals surface area contributed by atoms with Crippen LogP contribution >= 0.6 is 23.4 Å². The minimum atomic E-state index is -0.473. The van der Waals surface area contributed by atoms with Crippen LogP contribution in [-0.4, -0.2) is 46.9 Å². The molecule has 0 bridgehead atoms. The predicted octanol–water partition coefficient (Wildman–Crippen LogP) is 3.49. The van der Waals surface area contributed by atoms with Crippen LogP contribution in [0, 0.1) is 11.7 Å². The number of thioether (sulfide) groups is 1. The maximum absolute atomic E-state index is 13.3. The van der Waals surface area contributed by atoms with Gasteiger partial charge in [0.1, 0.15) is 10.8 Å². The molecule has 2 aliphatic rings. The van der Waals surface area contributed by atoms with Crippen LogP contribution in [-0.2, 0) is 9.59 Å². The zero-order chi connectivity index (χ0) is 21.8. The zero-order valence-corrected chi connectivity index (χ0v) is 18.4. The maximum atomic E-state index is 13.3. The lowest BCUT2D eigenvalue weighted by molar-refractivity contribution is -0.125. The van der Waals surface area contributed by atoms with Crippen molar-refractivity contribution in [2.45, 2.75) is 36.8 Å². The third kappa shape index (κ3) is 6.07. The molecule has 1 atom stereocenters. The van der Waals surface area contributed by atoms with Gasteiger partial charge in [-0.2, -0.15) is 0 Å². The number of hydrogen-bond donors (Lipinski definition) is 2. The summed E-state index contributed by atoms with van der Waals surface area (Å²) in [6.07, 6.45) is 3.99. The van der Waals surface area contributed by atoms with Crippen LogP contribution in [0.3, 0.4) is 0 Å². The minimum Gasteiger partial charge on any atom is -0.354 e. The fourth-order valence-electron chi connectivity index (χ4n) is 3.42. The first kappa shape index (κ1) is 21.8. The van der Waals surface area contributed by atoms with E-state index in [1.54, 1.807) is 0 Å². The molecule has 2 heterocycles. The maximum Gasteiger partial charge on any atom is 0.234 e. The lowest BCUT2D eigenvalue weighted by Crippen LogP contribution is -2.44. The van der Waals surface area contributed by atoms with Crippen LogP contribution in [0.15, 0.2) is 35.4 Å². The van der Waals surface area contributed by atoms with Crippen molar-refractivity contribution in [1.82, 2.24) is 15.5 Å². The Bertz CT molecular complexity index is 957. The first-order valence-electron chi connectivity index (χ1n) is 10.2. The molecule has 4 rings (SSSR count). The van der Waals surface area contributed by atoms with Crippen molar-refractivity contribution in [3.8, 4) is 0 Å². The molecule has 1 unspecified atom stereocenters. The summed E-state index contributed by atoms with van der Waals surface area (Å²) in [6, 6.07) is 7.84. The van der Waals surface area contributed by atoms with Gasteiger partial charge in [0.25, 0.3) is 0 Å². The van der Waals surface area contributed by atoms with Crippen LogP contribution in [0.4, 0.5) is 15.9 Å². The Balaban J connectivity index is 1.28. The van der Waals surface area contributed by atoms with Gasteiger partial charge in [0.05, 0.1) is 22.4 Å². The third-order valence-electron chi connectivity index (χ3n) is 5.22. The minimum absolute atomic E-state index is 0.0245. The molecule has 7 nitrogen and oxygen atoms in total. The van der Waals surface area contributed by atoms with Gasteiger partial charge in [-0.3, -0.25) is 9.59 Å². The van der Waals surface area contributed by atoms with Crippen molar-refractivity contribution in [1.29, 1.82) is 0 Å². The Labute approximate surface area is 189 Å². The van der Waals surface area contributed by atoms with E-state index in [9.17, 15) is 14.0 Å². The molecule has 164 valence electrons. The smallest absolute Gasteiger partial charge is 0.234 e. The van der Waals surface area contributed by atoms with E-state index in [1.807, 2.05) is 12.1 Å². The van der Waals surface area contributed by atoms with Crippen molar-refractivity contribution in [3.63, 3.8) is 0 Å². The number of anilines is 2. The molecule has 1 aliphatic heterocycles. The zero-order valence-electron chi connectivity index (χ0n) is 16.8. The Morgan fingerprint density at radius 2 is 2.03 bits per heavy atom. The monoisotopic (exact) mass is 463 g/mol. The molecule has 2 amide bonds. The fraction of sp³-hybridized carbons (Fsp3) is 0.429. The summed E-state index contributed by atoms with van der Waals surface area (Å²) in [6.45, 7) is 1.47. The number of aromatic nitrogens is 2. The SMILES string of the molecule is O=C(CSc1ccc(N2CCCC(C(=O)NC3CC3)C2)nn1)Nc1cc(F)ccc1Cl. The molecule has 1 aliphatic carbocycles. The molecule has 31 heavy (non-hydrogen) atoms. The summed E-state index contributed by atoms with van der Waals surface area (Å²) in [7, 11) is 0. The average molecular weight is 464 g/mol. The van der Waals surface area contributed by atoms with Gasteiger partial charge in [-0.1, -0.05) is 23.4 Å². The molecule has 1 saturated carbocycles. The van der Waals surface area contributed by atoms with E-state index in [0.29, 0.717) is 17.6 Å². The van der Waals surface area contributed by atoms with Crippen molar-refractivity contribution in [2.24, 2.45) is 5.92 Å². The summed E-state index contributed by atoms with van der Waals surface area (Å²) < 4.78 is 13.3.